The van der Waals surface area contributed by atoms with Gasteiger partial charge in [-0.05, 0) is 36.6 Å². The third kappa shape index (κ3) is 3.25. The van der Waals surface area contributed by atoms with Gasteiger partial charge < -0.3 is 9.84 Å². The van der Waals surface area contributed by atoms with Crippen LogP contribution in [0.4, 0.5) is 5.69 Å². The van der Waals surface area contributed by atoms with Crippen LogP contribution in [0.3, 0.4) is 0 Å². The number of thiophene rings is 1. The molecule has 0 spiro atoms. The number of aryl methyl sites for hydroxylation is 1. The minimum absolute atomic E-state index is 0.288. The molecule has 7 heteroatoms. The van der Waals surface area contributed by atoms with Gasteiger partial charge in [-0.2, -0.15) is 4.98 Å². The summed E-state index contributed by atoms with van der Waals surface area (Å²) in [4.78, 5) is 21.6. The molecule has 0 unspecified atom stereocenters. The molecule has 4 rings (SSSR count). The molecule has 128 valence electrons. The van der Waals surface area contributed by atoms with Crippen LogP contribution in [0.5, 0.6) is 0 Å². The molecule has 0 saturated carbocycles. The number of aromatic nitrogens is 3. The van der Waals surface area contributed by atoms with Gasteiger partial charge in [-0.25, -0.2) is 0 Å². The van der Waals surface area contributed by atoms with E-state index in [1.165, 1.54) is 11.3 Å². The van der Waals surface area contributed by atoms with E-state index >= 15 is 0 Å². The summed E-state index contributed by atoms with van der Waals surface area (Å²) in [6, 6.07) is 14.9. The number of amides is 1. The van der Waals surface area contributed by atoms with Gasteiger partial charge >= 0.3 is 0 Å². The van der Waals surface area contributed by atoms with Crippen LogP contribution < -0.4 is 5.32 Å². The molecule has 0 aliphatic rings. The van der Waals surface area contributed by atoms with Crippen molar-refractivity contribution in [3.8, 4) is 22.2 Å². The Bertz CT molecular complexity index is 1060. The molecule has 0 saturated heterocycles. The van der Waals surface area contributed by atoms with E-state index in [9.17, 15) is 4.79 Å². The number of benzene rings is 1. The quantitative estimate of drug-likeness (QED) is 0.581. The molecule has 0 radical (unpaired) electrons. The number of pyridine rings is 1. The number of hydrogen-bond acceptors (Lipinski definition) is 6. The topological polar surface area (TPSA) is 80.9 Å². The maximum absolute atomic E-state index is 12.3. The van der Waals surface area contributed by atoms with Crippen molar-refractivity contribution in [1.82, 2.24) is 15.1 Å². The Kier molecular flexibility index (Phi) is 4.28. The first-order chi connectivity index (χ1) is 12.7. The fraction of sp³-hybridized carbons (Fsp3) is 0.0526. The van der Waals surface area contributed by atoms with Gasteiger partial charge in [0.25, 0.3) is 11.8 Å². The van der Waals surface area contributed by atoms with Gasteiger partial charge in [0.1, 0.15) is 10.6 Å². The Labute approximate surface area is 153 Å². The van der Waals surface area contributed by atoms with Crippen LogP contribution in [0.1, 0.15) is 16.1 Å². The highest BCUT2D eigenvalue weighted by molar-refractivity contribution is 7.14. The number of rotatable bonds is 4. The largest absolute Gasteiger partial charge is 0.333 e. The van der Waals surface area contributed by atoms with E-state index in [-0.39, 0.29) is 5.91 Å². The summed E-state index contributed by atoms with van der Waals surface area (Å²) < 4.78 is 5.41. The van der Waals surface area contributed by atoms with E-state index in [0.717, 1.165) is 11.1 Å². The maximum atomic E-state index is 12.3. The molecule has 6 nitrogen and oxygen atoms in total. The second kappa shape index (κ2) is 6.89. The van der Waals surface area contributed by atoms with Crippen LogP contribution in [0, 0.1) is 6.92 Å². The highest BCUT2D eigenvalue weighted by Gasteiger charge is 2.18. The van der Waals surface area contributed by atoms with Crippen molar-refractivity contribution in [2.45, 2.75) is 6.92 Å². The summed E-state index contributed by atoms with van der Waals surface area (Å²) >= 11 is 1.42. The van der Waals surface area contributed by atoms with Gasteiger partial charge in [-0.1, -0.05) is 35.0 Å². The molecule has 0 fully saturated rings. The van der Waals surface area contributed by atoms with Gasteiger partial charge in [-0.15, -0.1) is 11.3 Å². The normalized spacial score (nSPS) is 10.7. The molecule has 1 N–H and O–H groups in total. The minimum Gasteiger partial charge on any atom is -0.333 e. The average Bonchev–Trinajstić information content (AvgIpc) is 3.31. The van der Waals surface area contributed by atoms with Crippen molar-refractivity contribution in [3.63, 3.8) is 0 Å². The van der Waals surface area contributed by atoms with Crippen LogP contribution in [0.15, 0.2) is 64.6 Å². The molecule has 1 amide bonds. The Morgan fingerprint density at radius 3 is 2.88 bits per heavy atom. The van der Waals surface area contributed by atoms with E-state index < -0.39 is 0 Å². The van der Waals surface area contributed by atoms with Crippen molar-refractivity contribution in [2.75, 3.05) is 5.32 Å². The van der Waals surface area contributed by atoms with Crippen molar-refractivity contribution >= 4 is 22.9 Å². The lowest BCUT2D eigenvalue weighted by molar-refractivity contribution is 0.102. The van der Waals surface area contributed by atoms with Crippen LogP contribution in [-0.4, -0.2) is 21.0 Å². The molecule has 0 aliphatic heterocycles. The maximum Gasteiger partial charge on any atom is 0.274 e. The Balaban J connectivity index is 1.60. The fourth-order valence-corrected chi connectivity index (χ4v) is 3.24. The molecule has 0 aliphatic carbocycles. The molecule has 26 heavy (non-hydrogen) atoms. The molecule has 1 aromatic carbocycles. The second-order valence-electron chi connectivity index (χ2n) is 5.63. The SMILES string of the molecule is Cc1cccc(-c2noc(-c3sccc3NC(=O)c3ccccn3)n2)c1. The molecule has 4 aromatic rings. The monoisotopic (exact) mass is 362 g/mol. The number of anilines is 1. The first-order valence-corrected chi connectivity index (χ1v) is 8.79. The number of carbonyl (C=O) groups is 1. The second-order valence-corrected chi connectivity index (χ2v) is 6.54. The van der Waals surface area contributed by atoms with Crippen molar-refractivity contribution in [1.29, 1.82) is 0 Å². The van der Waals surface area contributed by atoms with Crippen LogP contribution >= 0.6 is 11.3 Å². The minimum atomic E-state index is -0.288. The lowest BCUT2D eigenvalue weighted by Gasteiger charge is -2.03. The fourth-order valence-electron chi connectivity index (χ4n) is 2.47. The van der Waals surface area contributed by atoms with Crippen LogP contribution in [0.2, 0.25) is 0 Å². The average molecular weight is 362 g/mol. The summed E-state index contributed by atoms with van der Waals surface area (Å²) in [5.74, 6) is 0.593. The molecule has 0 bridgehead atoms. The first-order valence-electron chi connectivity index (χ1n) is 7.92. The third-order valence-corrected chi connectivity index (χ3v) is 4.61. The Hall–Kier alpha value is -3.32. The highest BCUT2D eigenvalue weighted by atomic mass is 32.1. The summed E-state index contributed by atoms with van der Waals surface area (Å²) in [6.07, 6.45) is 1.58. The van der Waals surface area contributed by atoms with Crippen LogP contribution in [0.25, 0.3) is 22.2 Å². The summed E-state index contributed by atoms with van der Waals surface area (Å²) in [7, 11) is 0. The molecular weight excluding hydrogens is 348 g/mol. The lowest BCUT2D eigenvalue weighted by atomic mass is 10.1. The van der Waals surface area contributed by atoms with Crippen molar-refractivity contribution in [2.24, 2.45) is 0 Å². The van der Waals surface area contributed by atoms with Crippen LogP contribution in [-0.2, 0) is 0 Å². The lowest BCUT2D eigenvalue weighted by Crippen LogP contribution is -2.13. The summed E-state index contributed by atoms with van der Waals surface area (Å²) in [5.41, 5.74) is 2.96. The summed E-state index contributed by atoms with van der Waals surface area (Å²) in [5, 5.41) is 8.76. The Morgan fingerprint density at radius 1 is 1.15 bits per heavy atom. The van der Waals surface area contributed by atoms with E-state index in [1.807, 2.05) is 36.6 Å². The zero-order chi connectivity index (χ0) is 17.9. The van der Waals surface area contributed by atoms with Gasteiger partial charge in [0, 0.05) is 11.8 Å². The van der Waals surface area contributed by atoms with Gasteiger partial charge in [0.15, 0.2) is 0 Å². The van der Waals surface area contributed by atoms with Gasteiger partial charge in [-0.3, -0.25) is 9.78 Å². The Morgan fingerprint density at radius 2 is 2.08 bits per heavy atom. The smallest absolute Gasteiger partial charge is 0.274 e. The van der Waals surface area contributed by atoms with Gasteiger partial charge in [0.05, 0.1) is 5.69 Å². The van der Waals surface area contributed by atoms with E-state index in [0.29, 0.717) is 28.0 Å². The van der Waals surface area contributed by atoms with Crippen molar-refractivity contribution in [3.05, 3.63) is 71.4 Å². The van der Waals surface area contributed by atoms with E-state index in [1.54, 1.807) is 30.5 Å². The molecular formula is C19H14N4O2S. The van der Waals surface area contributed by atoms with E-state index in [2.05, 4.69) is 20.4 Å². The third-order valence-electron chi connectivity index (χ3n) is 3.71. The van der Waals surface area contributed by atoms with Gasteiger partial charge in [0.2, 0.25) is 5.82 Å². The molecule has 3 aromatic heterocycles. The number of nitrogens with zero attached hydrogens (tertiary/aromatic N) is 3. The standard InChI is InChI=1S/C19H14N4O2S/c1-12-5-4-6-13(11-12)17-22-19(25-23-17)16-14(8-10-26-16)21-18(24)15-7-2-3-9-20-15/h2-11H,1H3,(H,21,24). The predicted molar refractivity (Wildman–Crippen MR) is 100.0 cm³/mol. The first kappa shape index (κ1) is 16.2. The zero-order valence-corrected chi connectivity index (χ0v) is 14.7. The zero-order valence-electron chi connectivity index (χ0n) is 13.8. The molecule has 3 heterocycles. The summed E-state index contributed by atoms with van der Waals surface area (Å²) in [6.45, 7) is 2.01. The number of hydrogen-bond donors (Lipinski definition) is 1. The highest BCUT2D eigenvalue weighted by Crippen LogP contribution is 2.34. The molecule has 0 atom stereocenters. The number of carbonyl (C=O) groups excluding carboxylic acids is 1. The number of nitrogens with one attached hydrogen (secondary N) is 1. The predicted octanol–water partition coefficient (Wildman–Crippen LogP) is 4.42. The van der Waals surface area contributed by atoms with E-state index in [4.69, 9.17) is 4.52 Å². The van der Waals surface area contributed by atoms with Crippen molar-refractivity contribution < 1.29 is 9.32 Å².